The minimum atomic E-state index is -1.46. The van der Waals surface area contributed by atoms with Crippen molar-refractivity contribution in [3.63, 3.8) is 0 Å². The summed E-state index contributed by atoms with van der Waals surface area (Å²) in [7, 11) is 3.10. The molecule has 0 spiro atoms. The van der Waals surface area contributed by atoms with Gasteiger partial charge in [-0.25, -0.2) is 13.2 Å². The lowest BCUT2D eigenvalue weighted by molar-refractivity contribution is 0.354. The molecule has 0 aromatic heterocycles. The second-order valence-electron chi connectivity index (χ2n) is 5.09. The van der Waals surface area contributed by atoms with Crippen LogP contribution in [0.3, 0.4) is 0 Å². The Morgan fingerprint density at radius 3 is 2.13 bits per heavy atom. The van der Waals surface area contributed by atoms with Crippen LogP contribution < -0.4 is 14.8 Å². The van der Waals surface area contributed by atoms with Crippen molar-refractivity contribution in [3.05, 3.63) is 58.9 Å². The minimum absolute atomic E-state index is 0.106. The van der Waals surface area contributed by atoms with Gasteiger partial charge in [0.05, 0.1) is 14.2 Å². The fraction of sp³-hybridized carbons (Fsp3) is 0.294. The molecule has 2 rings (SSSR count). The van der Waals surface area contributed by atoms with Crippen LogP contribution in [-0.2, 0) is 6.54 Å². The topological polar surface area (TPSA) is 30.5 Å². The number of ether oxygens (including phenoxy) is 2. The third kappa shape index (κ3) is 3.96. The van der Waals surface area contributed by atoms with E-state index < -0.39 is 17.5 Å². The first-order valence-electron chi connectivity index (χ1n) is 7.05. The summed E-state index contributed by atoms with van der Waals surface area (Å²) < 4.78 is 49.7. The summed E-state index contributed by atoms with van der Waals surface area (Å²) in [6.07, 6.45) is 0. The summed E-state index contributed by atoms with van der Waals surface area (Å²) in [5.74, 6) is -2.63. The van der Waals surface area contributed by atoms with Gasteiger partial charge in [0.25, 0.3) is 0 Å². The molecule has 0 aliphatic carbocycles. The zero-order chi connectivity index (χ0) is 17.0. The van der Waals surface area contributed by atoms with Crippen LogP contribution in [0.2, 0.25) is 0 Å². The van der Waals surface area contributed by atoms with Crippen LogP contribution in [0.25, 0.3) is 0 Å². The minimum Gasteiger partial charge on any atom is -0.493 e. The van der Waals surface area contributed by atoms with Gasteiger partial charge in [0, 0.05) is 12.6 Å². The zero-order valence-corrected chi connectivity index (χ0v) is 13.1. The average Bonchev–Trinajstić information content (AvgIpc) is 2.56. The van der Waals surface area contributed by atoms with Gasteiger partial charge >= 0.3 is 0 Å². The first-order valence-corrected chi connectivity index (χ1v) is 7.05. The molecule has 0 bridgehead atoms. The van der Waals surface area contributed by atoms with E-state index in [1.807, 2.05) is 19.1 Å². The maximum absolute atomic E-state index is 13.2. The standard InChI is InChI=1S/C17H18F3NO2/c1-10(12-4-5-15(22-2)16(8-12)23-3)21-9-11-6-13(18)17(20)14(19)7-11/h4-8,10,21H,9H2,1-3H3. The Kier molecular flexibility index (Phi) is 5.50. The van der Waals surface area contributed by atoms with Gasteiger partial charge in [0.1, 0.15) is 0 Å². The van der Waals surface area contributed by atoms with E-state index in [1.165, 1.54) is 0 Å². The van der Waals surface area contributed by atoms with E-state index in [1.54, 1.807) is 20.3 Å². The lowest BCUT2D eigenvalue weighted by Gasteiger charge is -2.16. The Morgan fingerprint density at radius 1 is 0.957 bits per heavy atom. The molecule has 2 aromatic rings. The Balaban J connectivity index is 2.09. The largest absolute Gasteiger partial charge is 0.493 e. The normalized spacial score (nSPS) is 12.1. The number of benzene rings is 2. The monoisotopic (exact) mass is 325 g/mol. The predicted molar refractivity (Wildman–Crippen MR) is 81.1 cm³/mol. The molecule has 0 amide bonds. The number of hydrogen-bond donors (Lipinski definition) is 1. The van der Waals surface area contributed by atoms with Gasteiger partial charge in [-0.2, -0.15) is 0 Å². The van der Waals surface area contributed by atoms with E-state index >= 15 is 0 Å². The number of halogens is 3. The van der Waals surface area contributed by atoms with E-state index in [0.717, 1.165) is 17.7 Å². The van der Waals surface area contributed by atoms with Crippen LogP contribution in [0.15, 0.2) is 30.3 Å². The van der Waals surface area contributed by atoms with Crippen molar-refractivity contribution in [3.8, 4) is 11.5 Å². The van der Waals surface area contributed by atoms with Crippen LogP contribution in [0, 0.1) is 17.5 Å². The Morgan fingerprint density at radius 2 is 1.57 bits per heavy atom. The zero-order valence-electron chi connectivity index (χ0n) is 13.1. The highest BCUT2D eigenvalue weighted by atomic mass is 19.2. The fourth-order valence-corrected chi connectivity index (χ4v) is 2.22. The Bertz CT molecular complexity index is 669. The summed E-state index contributed by atoms with van der Waals surface area (Å²) in [6.45, 7) is 2.10. The van der Waals surface area contributed by atoms with Crippen molar-refractivity contribution in [2.45, 2.75) is 19.5 Å². The Labute approximate surface area is 133 Å². The van der Waals surface area contributed by atoms with E-state index in [-0.39, 0.29) is 12.6 Å². The number of rotatable bonds is 6. The molecule has 0 saturated carbocycles. The van der Waals surface area contributed by atoms with Crippen LogP contribution in [0.4, 0.5) is 13.2 Å². The molecule has 1 unspecified atom stereocenters. The molecule has 0 aliphatic rings. The quantitative estimate of drug-likeness (QED) is 0.815. The number of nitrogens with one attached hydrogen (secondary N) is 1. The van der Waals surface area contributed by atoms with Crippen molar-refractivity contribution >= 4 is 0 Å². The third-order valence-electron chi connectivity index (χ3n) is 3.56. The van der Waals surface area contributed by atoms with Gasteiger partial charge in [0.15, 0.2) is 29.0 Å². The van der Waals surface area contributed by atoms with E-state index in [9.17, 15) is 13.2 Å². The SMILES string of the molecule is COc1ccc(C(C)NCc2cc(F)c(F)c(F)c2)cc1OC. The summed E-state index contributed by atoms with van der Waals surface area (Å²) in [5, 5.41) is 3.13. The van der Waals surface area contributed by atoms with Crippen molar-refractivity contribution in [2.75, 3.05) is 14.2 Å². The lowest BCUT2D eigenvalue weighted by Crippen LogP contribution is -2.18. The highest BCUT2D eigenvalue weighted by Crippen LogP contribution is 2.30. The molecule has 0 heterocycles. The molecule has 0 aliphatic heterocycles. The molecular weight excluding hydrogens is 307 g/mol. The van der Waals surface area contributed by atoms with Crippen molar-refractivity contribution < 1.29 is 22.6 Å². The van der Waals surface area contributed by atoms with E-state index in [2.05, 4.69) is 5.32 Å². The molecule has 3 nitrogen and oxygen atoms in total. The smallest absolute Gasteiger partial charge is 0.194 e. The molecule has 0 fully saturated rings. The van der Waals surface area contributed by atoms with Gasteiger partial charge in [-0.05, 0) is 42.3 Å². The van der Waals surface area contributed by atoms with Gasteiger partial charge < -0.3 is 14.8 Å². The highest BCUT2D eigenvalue weighted by molar-refractivity contribution is 5.43. The van der Waals surface area contributed by atoms with Crippen molar-refractivity contribution in [1.82, 2.24) is 5.32 Å². The van der Waals surface area contributed by atoms with Crippen molar-refractivity contribution in [1.29, 1.82) is 0 Å². The fourth-order valence-electron chi connectivity index (χ4n) is 2.22. The van der Waals surface area contributed by atoms with E-state index in [0.29, 0.717) is 17.1 Å². The lowest BCUT2D eigenvalue weighted by atomic mass is 10.1. The van der Waals surface area contributed by atoms with Gasteiger partial charge in [-0.15, -0.1) is 0 Å². The summed E-state index contributed by atoms with van der Waals surface area (Å²) >= 11 is 0. The highest BCUT2D eigenvalue weighted by Gasteiger charge is 2.13. The molecule has 23 heavy (non-hydrogen) atoms. The first-order chi connectivity index (χ1) is 11.0. The van der Waals surface area contributed by atoms with Crippen LogP contribution in [0.5, 0.6) is 11.5 Å². The number of methoxy groups -OCH3 is 2. The van der Waals surface area contributed by atoms with Crippen LogP contribution in [-0.4, -0.2) is 14.2 Å². The molecule has 6 heteroatoms. The van der Waals surface area contributed by atoms with Gasteiger partial charge in [-0.1, -0.05) is 6.07 Å². The second kappa shape index (κ2) is 7.37. The second-order valence-corrected chi connectivity index (χ2v) is 5.09. The molecule has 0 radical (unpaired) electrons. The molecule has 1 atom stereocenters. The van der Waals surface area contributed by atoms with Gasteiger partial charge in [-0.3, -0.25) is 0 Å². The van der Waals surface area contributed by atoms with Gasteiger partial charge in [0.2, 0.25) is 0 Å². The predicted octanol–water partition coefficient (Wildman–Crippen LogP) is 3.97. The van der Waals surface area contributed by atoms with Crippen LogP contribution in [0.1, 0.15) is 24.1 Å². The molecule has 124 valence electrons. The maximum Gasteiger partial charge on any atom is 0.194 e. The summed E-state index contributed by atoms with van der Waals surface area (Å²) in [5.41, 5.74) is 1.25. The molecule has 2 aromatic carbocycles. The summed E-state index contributed by atoms with van der Waals surface area (Å²) in [6, 6.07) is 7.32. The van der Waals surface area contributed by atoms with Crippen LogP contribution >= 0.6 is 0 Å². The number of hydrogen-bond acceptors (Lipinski definition) is 3. The molecular formula is C17H18F3NO2. The maximum atomic E-state index is 13.2. The summed E-state index contributed by atoms with van der Waals surface area (Å²) in [4.78, 5) is 0. The van der Waals surface area contributed by atoms with E-state index in [4.69, 9.17) is 9.47 Å². The first kappa shape index (κ1) is 17.1. The molecule has 1 N–H and O–H groups in total. The molecule has 0 saturated heterocycles. The third-order valence-corrected chi connectivity index (χ3v) is 3.56. The Hall–Kier alpha value is -2.21. The average molecular weight is 325 g/mol. The van der Waals surface area contributed by atoms with Crippen molar-refractivity contribution in [2.24, 2.45) is 0 Å².